The molecule has 0 aliphatic heterocycles. The van der Waals surface area contributed by atoms with Gasteiger partial charge in [0.25, 0.3) is 5.91 Å². The minimum absolute atomic E-state index is 0.143. The zero-order valence-electron chi connectivity index (χ0n) is 14.6. The van der Waals surface area contributed by atoms with Crippen LogP contribution in [0.1, 0.15) is 46.1 Å². The van der Waals surface area contributed by atoms with Gasteiger partial charge in [-0.05, 0) is 49.9 Å². The second-order valence-electron chi connectivity index (χ2n) is 6.66. The van der Waals surface area contributed by atoms with Crippen LogP contribution in [0.5, 0.6) is 5.75 Å². The number of aromatic amines is 1. The van der Waals surface area contributed by atoms with Crippen LogP contribution in [0.25, 0.3) is 11.0 Å². The van der Waals surface area contributed by atoms with Crippen molar-refractivity contribution in [1.82, 2.24) is 9.97 Å². The van der Waals surface area contributed by atoms with E-state index in [4.69, 9.17) is 4.74 Å². The van der Waals surface area contributed by atoms with Gasteiger partial charge in [0.2, 0.25) is 0 Å². The predicted molar refractivity (Wildman–Crippen MR) is 98.5 cm³/mol. The van der Waals surface area contributed by atoms with Gasteiger partial charge < -0.3 is 15.0 Å². The summed E-state index contributed by atoms with van der Waals surface area (Å²) in [5.41, 5.74) is 4.99. The summed E-state index contributed by atoms with van der Waals surface area (Å²) in [6, 6.07) is 9.57. The summed E-state index contributed by atoms with van der Waals surface area (Å²) < 4.78 is 5.42. The summed E-state index contributed by atoms with van der Waals surface area (Å²) >= 11 is 0. The van der Waals surface area contributed by atoms with Gasteiger partial charge in [-0.25, -0.2) is 4.98 Å². The third kappa shape index (κ3) is 2.76. The minimum atomic E-state index is -0.143. The van der Waals surface area contributed by atoms with E-state index in [0.29, 0.717) is 17.2 Å². The molecule has 2 N–H and O–H groups in total. The number of hydrogen-bond donors (Lipinski definition) is 2. The Balaban J connectivity index is 1.76. The Labute approximate surface area is 146 Å². The van der Waals surface area contributed by atoms with Crippen LogP contribution < -0.4 is 10.1 Å². The summed E-state index contributed by atoms with van der Waals surface area (Å²) in [5, 5.41) is 3.05. The minimum Gasteiger partial charge on any atom is -0.494 e. The molecule has 3 aromatic rings. The standard InChI is InChI=1S/C20H21N3O2/c1-11-5-4-6-12(2)16(11)23-20(24)14-9-10-15(25-3)18-17(14)21-19(22-18)13-7-8-13/h4-6,9-10,13H,7-8H2,1-3H3,(H,21,22)(H,23,24). The first-order valence-electron chi connectivity index (χ1n) is 8.52. The van der Waals surface area contributed by atoms with E-state index in [-0.39, 0.29) is 5.91 Å². The van der Waals surface area contributed by atoms with E-state index in [0.717, 1.165) is 46.5 Å². The van der Waals surface area contributed by atoms with E-state index in [1.165, 1.54) is 0 Å². The number of nitrogens with zero attached hydrogens (tertiary/aromatic N) is 1. The fourth-order valence-electron chi connectivity index (χ4n) is 3.18. The maximum atomic E-state index is 12.9. The fraction of sp³-hybridized carbons (Fsp3) is 0.300. The molecule has 2 aromatic carbocycles. The van der Waals surface area contributed by atoms with Crippen molar-refractivity contribution in [3.05, 3.63) is 52.8 Å². The zero-order valence-corrected chi connectivity index (χ0v) is 14.6. The van der Waals surface area contributed by atoms with E-state index >= 15 is 0 Å². The number of H-pyrrole nitrogens is 1. The summed E-state index contributed by atoms with van der Waals surface area (Å²) in [4.78, 5) is 20.9. The zero-order chi connectivity index (χ0) is 17.6. The molecule has 0 saturated heterocycles. The Hall–Kier alpha value is -2.82. The molecule has 0 radical (unpaired) electrons. The Kier molecular flexibility index (Phi) is 3.71. The molecule has 1 aliphatic carbocycles. The lowest BCUT2D eigenvalue weighted by atomic mass is 10.1. The average molecular weight is 335 g/mol. The highest BCUT2D eigenvalue weighted by molar-refractivity contribution is 6.12. The maximum Gasteiger partial charge on any atom is 0.257 e. The van der Waals surface area contributed by atoms with E-state index < -0.39 is 0 Å². The van der Waals surface area contributed by atoms with Gasteiger partial charge in [-0.15, -0.1) is 0 Å². The van der Waals surface area contributed by atoms with Crippen LogP contribution in [0.3, 0.4) is 0 Å². The number of rotatable bonds is 4. The Morgan fingerprint density at radius 1 is 1.20 bits per heavy atom. The summed E-state index contributed by atoms with van der Waals surface area (Å²) in [7, 11) is 1.62. The smallest absolute Gasteiger partial charge is 0.257 e. The van der Waals surface area contributed by atoms with E-state index in [2.05, 4.69) is 15.3 Å². The molecule has 1 aromatic heterocycles. The van der Waals surface area contributed by atoms with Crippen LogP contribution in [0, 0.1) is 13.8 Å². The van der Waals surface area contributed by atoms with Crippen molar-refractivity contribution in [1.29, 1.82) is 0 Å². The topological polar surface area (TPSA) is 67.0 Å². The number of aromatic nitrogens is 2. The second kappa shape index (κ2) is 5.92. The Morgan fingerprint density at radius 3 is 2.56 bits per heavy atom. The van der Waals surface area contributed by atoms with Gasteiger partial charge >= 0.3 is 0 Å². The number of ether oxygens (including phenoxy) is 1. The van der Waals surface area contributed by atoms with Crippen LogP contribution in [0.2, 0.25) is 0 Å². The van der Waals surface area contributed by atoms with E-state index in [1.54, 1.807) is 19.2 Å². The number of aryl methyl sites for hydroxylation is 2. The number of benzene rings is 2. The van der Waals surface area contributed by atoms with Gasteiger partial charge in [0.05, 0.1) is 18.2 Å². The molecule has 25 heavy (non-hydrogen) atoms. The molecule has 0 atom stereocenters. The molecular formula is C20H21N3O2. The van der Waals surface area contributed by atoms with Crippen molar-refractivity contribution in [3.63, 3.8) is 0 Å². The van der Waals surface area contributed by atoms with E-state index in [9.17, 15) is 4.79 Å². The first-order chi connectivity index (χ1) is 12.1. The highest BCUT2D eigenvalue weighted by Crippen LogP contribution is 2.40. The van der Waals surface area contributed by atoms with Gasteiger partial charge in [-0.3, -0.25) is 4.79 Å². The molecule has 0 spiro atoms. The number of hydrogen-bond acceptors (Lipinski definition) is 3. The lowest BCUT2D eigenvalue weighted by Gasteiger charge is -2.12. The third-order valence-electron chi connectivity index (χ3n) is 4.77. The molecule has 1 amide bonds. The Morgan fingerprint density at radius 2 is 1.92 bits per heavy atom. The highest BCUT2D eigenvalue weighted by atomic mass is 16.5. The molecular weight excluding hydrogens is 314 g/mol. The molecule has 4 rings (SSSR count). The van der Waals surface area contributed by atoms with Crippen LogP contribution >= 0.6 is 0 Å². The monoisotopic (exact) mass is 335 g/mol. The van der Waals surface area contributed by atoms with Crippen LogP contribution in [0.15, 0.2) is 30.3 Å². The first kappa shape index (κ1) is 15.7. The SMILES string of the molecule is COc1ccc(C(=O)Nc2c(C)cccc2C)c2[nH]c(C3CC3)nc12. The largest absolute Gasteiger partial charge is 0.494 e. The number of nitrogens with one attached hydrogen (secondary N) is 2. The van der Waals surface area contributed by atoms with Gasteiger partial charge in [-0.1, -0.05) is 18.2 Å². The number of amides is 1. The number of carbonyl (C=O) groups excluding carboxylic acids is 1. The summed E-state index contributed by atoms with van der Waals surface area (Å²) in [6.45, 7) is 3.99. The lowest BCUT2D eigenvalue weighted by molar-refractivity contribution is 0.102. The first-order valence-corrected chi connectivity index (χ1v) is 8.52. The van der Waals surface area contributed by atoms with Crippen LogP contribution in [-0.4, -0.2) is 23.0 Å². The number of para-hydroxylation sites is 1. The lowest BCUT2D eigenvalue weighted by Crippen LogP contribution is -2.14. The van der Waals surface area contributed by atoms with Gasteiger partial charge in [0, 0.05) is 11.6 Å². The van der Waals surface area contributed by atoms with Crippen molar-refractivity contribution in [2.75, 3.05) is 12.4 Å². The Bertz CT molecular complexity index is 950. The van der Waals surface area contributed by atoms with Crippen molar-refractivity contribution >= 4 is 22.6 Å². The molecule has 1 heterocycles. The average Bonchev–Trinajstić information content (AvgIpc) is 3.35. The second-order valence-corrected chi connectivity index (χ2v) is 6.66. The van der Waals surface area contributed by atoms with Crippen molar-refractivity contribution < 1.29 is 9.53 Å². The number of methoxy groups -OCH3 is 1. The molecule has 128 valence electrons. The van der Waals surface area contributed by atoms with Crippen molar-refractivity contribution in [3.8, 4) is 5.75 Å². The molecule has 1 aliphatic rings. The number of carbonyl (C=O) groups is 1. The molecule has 0 unspecified atom stereocenters. The quantitative estimate of drug-likeness (QED) is 0.746. The fourth-order valence-corrected chi connectivity index (χ4v) is 3.18. The van der Waals surface area contributed by atoms with Gasteiger partial charge in [-0.2, -0.15) is 0 Å². The van der Waals surface area contributed by atoms with E-state index in [1.807, 2.05) is 32.0 Å². The molecule has 1 fully saturated rings. The molecule has 5 heteroatoms. The van der Waals surface area contributed by atoms with Crippen LogP contribution in [-0.2, 0) is 0 Å². The predicted octanol–water partition coefficient (Wildman–Crippen LogP) is 4.32. The van der Waals surface area contributed by atoms with Gasteiger partial charge in [0.15, 0.2) is 0 Å². The van der Waals surface area contributed by atoms with Crippen molar-refractivity contribution in [2.45, 2.75) is 32.6 Å². The molecule has 5 nitrogen and oxygen atoms in total. The third-order valence-corrected chi connectivity index (χ3v) is 4.77. The molecule has 0 bridgehead atoms. The maximum absolute atomic E-state index is 12.9. The number of fused-ring (bicyclic) bond motifs is 1. The normalized spacial score (nSPS) is 13.9. The summed E-state index contributed by atoms with van der Waals surface area (Å²) in [6.07, 6.45) is 2.29. The number of imidazole rings is 1. The highest BCUT2D eigenvalue weighted by Gasteiger charge is 2.28. The van der Waals surface area contributed by atoms with Gasteiger partial charge in [0.1, 0.15) is 17.1 Å². The molecule has 1 saturated carbocycles. The van der Waals surface area contributed by atoms with Crippen molar-refractivity contribution in [2.24, 2.45) is 0 Å². The summed E-state index contributed by atoms with van der Waals surface area (Å²) in [5.74, 6) is 1.96. The number of anilines is 1. The van der Waals surface area contributed by atoms with Crippen LogP contribution in [0.4, 0.5) is 5.69 Å².